The van der Waals surface area contributed by atoms with Crippen LogP contribution in [0.3, 0.4) is 0 Å². The van der Waals surface area contributed by atoms with Crippen LogP contribution in [0.25, 0.3) is 0 Å². The van der Waals surface area contributed by atoms with Crippen molar-refractivity contribution in [3.05, 3.63) is 16.1 Å². The molecule has 2 heterocycles. The number of rotatable bonds is 3. The molecule has 0 radical (unpaired) electrons. The molecule has 102 valence electrons. The van der Waals surface area contributed by atoms with Crippen LogP contribution in [-0.2, 0) is 12.7 Å². The molecule has 2 unspecified atom stereocenters. The van der Waals surface area contributed by atoms with Crippen LogP contribution in [0, 0.1) is 5.92 Å². The predicted molar refractivity (Wildman–Crippen MR) is 64.1 cm³/mol. The first kappa shape index (κ1) is 13.8. The summed E-state index contributed by atoms with van der Waals surface area (Å²) in [5.74, 6) is 0.444. The van der Waals surface area contributed by atoms with Gasteiger partial charge in [-0.3, -0.25) is 4.90 Å². The molecule has 0 saturated carbocycles. The Balaban J connectivity index is 1.93. The Labute approximate surface area is 108 Å². The van der Waals surface area contributed by atoms with Gasteiger partial charge in [-0.15, -0.1) is 11.3 Å². The molecule has 0 aromatic carbocycles. The first-order chi connectivity index (χ1) is 8.36. The number of nitrogens with two attached hydrogens (primary N) is 1. The highest BCUT2D eigenvalue weighted by Gasteiger charge is 2.35. The van der Waals surface area contributed by atoms with E-state index in [4.69, 9.17) is 5.73 Å². The number of hydrogen-bond donors (Lipinski definition) is 1. The maximum absolute atomic E-state index is 12.4. The van der Waals surface area contributed by atoms with Crippen molar-refractivity contribution in [3.63, 3.8) is 0 Å². The fourth-order valence-corrected chi connectivity index (χ4v) is 2.99. The first-order valence-electron chi connectivity index (χ1n) is 5.86. The highest BCUT2D eigenvalue weighted by Crippen LogP contribution is 2.33. The first-order valence-corrected chi connectivity index (χ1v) is 6.67. The average molecular weight is 279 g/mol. The second kappa shape index (κ2) is 5.14. The van der Waals surface area contributed by atoms with E-state index in [2.05, 4.69) is 9.88 Å². The van der Waals surface area contributed by atoms with E-state index < -0.39 is 11.2 Å². The number of aromatic nitrogens is 1. The second-order valence-electron chi connectivity index (χ2n) is 4.77. The molecule has 1 saturated heterocycles. The molecule has 0 bridgehead atoms. The Morgan fingerprint density at radius 1 is 1.61 bits per heavy atom. The molecule has 1 aliphatic rings. The lowest BCUT2D eigenvalue weighted by molar-refractivity contribution is -0.137. The largest absolute Gasteiger partial charge is 0.443 e. The second-order valence-corrected chi connectivity index (χ2v) is 5.89. The van der Waals surface area contributed by atoms with E-state index in [9.17, 15) is 13.2 Å². The Morgan fingerprint density at radius 2 is 2.33 bits per heavy atom. The normalized spacial score (nSPS) is 23.5. The van der Waals surface area contributed by atoms with E-state index in [0.29, 0.717) is 17.3 Å². The number of likely N-dealkylation sites (tertiary alicyclic amines) is 1. The van der Waals surface area contributed by atoms with Crippen LogP contribution in [0.4, 0.5) is 13.2 Å². The lowest BCUT2D eigenvalue weighted by Gasteiger charge is -2.16. The molecule has 0 aliphatic carbocycles. The van der Waals surface area contributed by atoms with Gasteiger partial charge in [0, 0.05) is 30.2 Å². The van der Waals surface area contributed by atoms with Gasteiger partial charge >= 0.3 is 6.18 Å². The average Bonchev–Trinajstić information content (AvgIpc) is 2.85. The molecule has 7 heteroatoms. The fraction of sp³-hybridized carbons (Fsp3) is 0.727. The van der Waals surface area contributed by atoms with Gasteiger partial charge in [-0.05, 0) is 25.8 Å². The summed E-state index contributed by atoms with van der Waals surface area (Å²) in [6.07, 6.45) is -1.99. The third-order valence-corrected chi connectivity index (χ3v) is 4.25. The summed E-state index contributed by atoms with van der Waals surface area (Å²) in [6.45, 7) is 4.27. The van der Waals surface area contributed by atoms with Gasteiger partial charge in [0.2, 0.25) is 0 Å². The van der Waals surface area contributed by atoms with Gasteiger partial charge in [0.1, 0.15) is 0 Å². The minimum absolute atomic E-state index is 0.141. The van der Waals surface area contributed by atoms with Gasteiger partial charge in [-0.1, -0.05) is 0 Å². The molecular formula is C11H16F3N3S. The van der Waals surface area contributed by atoms with Crippen molar-refractivity contribution in [2.45, 2.75) is 32.1 Å². The molecule has 0 spiro atoms. The number of nitrogens with zero attached hydrogens (tertiary/aromatic N) is 2. The number of hydrogen-bond acceptors (Lipinski definition) is 4. The molecule has 1 aliphatic heterocycles. The van der Waals surface area contributed by atoms with Crippen LogP contribution < -0.4 is 5.73 Å². The standard InChI is InChI=1S/C11H16F3N3S/c1-7(15)8-2-3-17(5-8)6-9-4-16-10(18-9)11(12,13)14/h4,7-8H,2-3,5-6,15H2,1H3. The van der Waals surface area contributed by atoms with Gasteiger partial charge in [-0.25, -0.2) is 4.98 Å². The summed E-state index contributed by atoms with van der Waals surface area (Å²) in [5.41, 5.74) is 5.83. The molecule has 2 atom stereocenters. The highest BCUT2D eigenvalue weighted by atomic mass is 32.1. The quantitative estimate of drug-likeness (QED) is 0.923. The van der Waals surface area contributed by atoms with Gasteiger partial charge in [0.25, 0.3) is 0 Å². The van der Waals surface area contributed by atoms with Crippen molar-refractivity contribution in [2.24, 2.45) is 11.7 Å². The fourth-order valence-electron chi connectivity index (χ4n) is 2.17. The summed E-state index contributed by atoms with van der Waals surface area (Å²) < 4.78 is 37.2. The van der Waals surface area contributed by atoms with Crippen LogP contribution >= 0.6 is 11.3 Å². The Bertz CT molecular complexity index is 402. The van der Waals surface area contributed by atoms with E-state index in [-0.39, 0.29) is 6.04 Å². The lowest BCUT2D eigenvalue weighted by atomic mass is 10.0. The van der Waals surface area contributed by atoms with Crippen LogP contribution in [-0.4, -0.2) is 29.0 Å². The molecule has 0 amide bonds. The van der Waals surface area contributed by atoms with Gasteiger partial charge < -0.3 is 5.73 Å². The van der Waals surface area contributed by atoms with Crippen molar-refractivity contribution < 1.29 is 13.2 Å². The van der Waals surface area contributed by atoms with Gasteiger partial charge in [0.15, 0.2) is 5.01 Å². The minimum atomic E-state index is -4.33. The topological polar surface area (TPSA) is 42.1 Å². The van der Waals surface area contributed by atoms with Gasteiger partial charge in [0.05, 0.1) is 0 Å². The maximum atomic E-state index is 12.4. The summed E-state index contributed by atoms with van der Waals surface area (Å²) in [4.78, 5) is 6.23. The van der Waals surface area contributed by atoms with E-state index in [1.165, 1.54) is 6.20 Å². The summed E-state index contributed by atoms with van der Waals surface area (Å²) >= 11 is 0.727. The Kier molecular flexibility index (Phi) is 3.93. The number of thiazole rings is 1. The van der Waals surface area contributed by atoms with E-state index in [1.54, 1.807) is 0 Å². The molecule has 3 nitrogen and oxygen atoms in total. The third kappa shape index (κ3) is 3.21. The van der Waals surface area contributed by atoms with Crippen molar-refractivity contribution in [2.75, 3.05) is 13.1 Å². The predicted octanol–water partition coefficient (Wildman–Crippen LogP) is 2.33. The third-order valence-electron chi connectivity index (χ3n) is 3.23. The van der Waals surface area contributed by atoms with Crippen molar-refractivity contribution >= 4 is 11.3 Å². The van der Waals surface area contributed by atoms with Crippen LogP contribution in [0.2, 0.25) is 0 Å². The Morgan fingerprint density at radius 3 is 2.83 bits per heavy atom. The van der Waals surface area contributed by atoms with Crippen LogP contribution in [0.15, 0.2) is 6.20 Å². The monoisotopic (exact) mass is 279 g/mol. The van der Waals surface area contributed by atoms with Crippen molar-refractivity contribution in [3.8, 4) is 0 Å². The van der Waals surface area contributed by atoms with Crippen LogP contribution in [0.5, 0.6) is 0 Å². The summed E-state index contributed by atoms with van der Waals surface area (Å²) in [7, 11) is 0. The zero-order valence-electron chi connectivity index (χ0n) is 10.1. The zero-order chi connectivity index (χ0) is 13.3. The molecule has 2 rings (SSSR count). The smallest absolute Gasteiger partial charge is 0.328 e. The molecular weight excluding hydrogens is 263 g/mol. The summed E-state index contributed by atoms with van der Waals surface area (Å²) in [5, 5.41) is -0.763. The summed E-state index contributed by atoms with van der Waals surface area (Å²) in [6, 6.07) is 0.141. The van der Waals surface area contributed by atoms with E-state index in [1.807, 2.05) is 6.92 Å². The molecule has 1 aromatic rings. The molecule has 2 N–H and O–H groups in total. The molecule has 1 fully saturated rings. The van der Waals surface area contributed by atoms with E-state index in [0.717, 1.165) is 30.8 Å². The lowest BCUT2D eigenvalue weighted by Crippen LogP contribution is -2.29. The highest BCUT2D eigenvalue weighted by molar-refractivity contribution is 7.11. The number of halogens is 3. The zero-order valence-corrected chi connectivity index (χ0v) is 10.9. The van der Waals surface area contributed by atoms with Gasteiger partial charge in [-0.2, -0.15) is 13.2 Å². The van der Waals surface area contributed by atoms with Crippen molar-refractivity contribution in [1.82, 2.24) is 9.88 Å². The Hall–Kier alpha value is -0.660. The minimum Gasteiger partial charge on any atom is -0.328 e. The SMILES string of the molecule is CC(N)C1CCN(Cc2cnc(C(F)(F)F)s2)C1. The maximum Gasteiger partial charge on any atom is 0.443 e. The molecule has 1 aromatic heterocycles. The van der Waals surface area contributed by atoms with E-state index >= 15 is 0 Å². The number of alkyl halides is 3. The van der Waals surface area contributed by atoms with Crippen LogP contribution in [0.1, 0.15) is 23.2 Å². The van der Waals surface area contributed by atoms with Crippen molar-refractivity contribution in [1.29, 1.82) is 0 Å². The molecule has 18 heavy (non-hydrogen) atoms.